The molecule has 0 aromatic rings. The van der Waals surface area contributed by atoms with Crippen molar-refractivity contribution >= 4 is 17.9 Å². The van der Waals surface area contributed by atoms with Crippen LogP contribution in [0.3, 0.4) is 0 Å². The Bertz CT molecular complexity index is 916. The number of carbonyl (C=O) groups excluding carboxylic acids is 3. The molecule has 0 aliphatic heterocycles. The molecule has 0 bridgehead atoms. The molecule has 0 amide bonds. The minimum absolute atomic E-state index is 0.0649. The van der Waals surface area contributed by atoms with Crippen molar-refractivity contribution in [2.75, 3.05) is 13.2 Å². The molecule has 0 N–H and O–H groups in total. The maximum absolute atomic E-state index is 12.8. The maximum atomic E-state index is 12.8. The van der Waals surface area contributed by atoms with Crippen molar-refractivity contribution in [2.45, 2.75) is 292 Å². The molecule has 6 heteroatoms. The minimum atomic E-state index is -0.763. The molecule has 0 aliphatic carbocycles. The van der Waals surface area contributed by atoms with Crippen LogP contribution in [-0.2, 0) is 28.6 Å². The highest BCUT2D eigenvalue weighted by Gasteiger charge is 2.19. The molecule has 0 fully saturated rings. The number of hydrogen-bond acceptors (Lipinski definition) is 6. The molecule has 0 aromatic carbocycles. The summed E-state index contributed by atoms with van der Waals surface area (Å²) < 4.78 is 16.8. The van der Waals surface area contributed by atoms with Gasteiger partial charge in [-0.05, 0) is 37.0 Å². The molecule has 0 saturated carbocycles. The topological polar surface area (TPSA) is 78.9 Å². The average Bonchev–Trinajstić information content (AvgIpc) is 3.20. The van der Waals surface area contributed by atoms with Gasteiger partial charge in [-0.3, -0.25) is 14.4 Å². The summed E-state index contributed by atoms with van der Waals surface area (Å²) in [6.07, 6.45) is 43.7. The summed E-state index contributed by atoms with van der Waals surface area (Å²) in [6.45, 7) is 13.7. The van der Waals surface area contributed by atoms with Gasteiger partial charge in [0.05, 0.1) is 0 Å². The first-order valence-corrected chi connectivity index (χ1v) is 26.1. The van der Waals surface area contributed by atoms with Crippen LogP contribution >= 0.6 is 0 Å². The molecular weight excluding hydrogens is 733 g/mol. The Morgan fingerprint density at radius 1 is 0.339 bits per heavy atom. The van der Waals surface area contributed by atoms with Crippen LogP contribution in [0, 0.1) is 17.8 Å². The largest absolute Gasteiger partial charge is 0.462 e. The molecule has 1 unspecified atom stereocenters. The van der Waals surface area contributed by atoms with Crippen LogP contribution in [0.5, 0.6) is 0 Å². The molecule has 0 radical (unpaired) electrons. The molecule has 0 spiro atoms. The predicted octanol–water partition coefficient (Wildman–Crippen LogP) is 16.8. The first-order valence-electron chi connectivity index (χ1n) is 26.1. The van der Waals surface area contributed by atoms with Crippen LogP contribution in [0.2, 0.25) is 0 Å². The third-order valence-corrected chi connectivity index (χ3v) is 12.3. The van der Waals surface area contributed by atoms with Gasteiger partial charge in [0.15, 0.2) is 6.10 Å². The number of hydrogen-bond donors (Lipinski definition) is 0. The molecule has 0 rings (SSSR count). The fraction of sp³-hybridized carbons (Fsp3) is 0.943. The summed E-state index contributed by atoms with van der Waals surface area (Å²) in [6, 6.07) is 0. The van der Waals surface area contributed by atoms with Crippen LogP contribution in [0.25, 0.3) is 0 Å². The lowest BCUT2D eigenvalue weighted by Crippen LogP contribution is -2.30. The van der Waals surface area contributed by atoms with Crippen LogP contribution in [0.1, 0.15) is 286 Å². The normalized spacial score (nSPS) is 12.6. The van der Waals surface area contributed by atoms with E-state index in [0.29, 0.717) is 19.3 Å². The van der Waals surface area contributed by atoms with Crippen molar-refractivity contribution in [1.29, 1.82) is 0 Å². The van der Waals surface area contributed by atoms with Gasteiger partial charge in [0.1, 0.15) is 13.2 Å². The Labute approximate surface area is 368 Å². The monoisotopic (exact) mass is 835 g/mol. The fourth-order valence-electron chi connectivity index (χ4n) is 7.91. The molecule has 0 heterocycles. The van der Waals surface area contributed by atoms with Crippen molar-refractivity contribution in [3.63, 3.8) is 0 Å². The van der Waals surface area contributed by atoms with Gasteiger partial charge in [0, 0.05) is 19.3 Å². The number of ether oxygens (including phenoxy) is 3. The van der Waals surface area contributed by atoms with Crippen LogP contribution in [0.4, 0.5) is 0 Å². The van der Waals surface area contributed by atoms with Crippen molar-refractivity contribution in [2.24, 2.45) is 17.8 Å². The highest BCUT2D eigenvalue weighted by molar-refractivity contribution is 5.71. The summed E-state index contributed by atoms with van der Waals surface area (Å²) >= 11 is 0. The second kappa shape index (κ2) is 44.5. The Kier molecular flexibility index (Phi) is 43.3. The lowest BCUT2D eigenvalue weighted by molar-refractivity contribution is -0.167. The van der Waals surface area contributed by atoms with E-state index in [1.807, 2.05) is 0 Å². The van der Waals surface area contributed by atoms with E-state index in [0.717, 1.165) is 75.5 Å². The summed E-state index contributed by atoms with van der Waals surface area (Å²) in [5.74, 6) is 1.65. The fourth-order valence-corrected chi connectivity index (χ4v) is 7.91. The lowest BCUT2D eigenvalue weighted by atomic mass is 9.99. The summed E-state index contributed by atoms with van der Waals surface area (Å²) in [5.41, 5.74) is 0. The van der Waals surface area contributed by atoms with Gasteiger partial charge in [-0.25, -0.2) is 0 Å². The van der Waals surface area contributed by atoms with E-state index in [9.17, 15) is 14.4 Å². The first-order chi connectivity index (χ1) is 28.6. The van der Waals surface area contributed by atoms with Crippen LogP contribution in [0.15, 0.2) is 0 Å². The summed E-state index contributed by atoms with van der Waals surface area (Å²) in [7, 11) is 0. The van der Waals surface area contributed by atoms with Gasteiger partial charge >= 0.3 is 17.9 Å². The zero-order valence-corrected chi connectivity index (χ0v) is 40.5. The van der Waals surface area contributed by atoms with Crippen molar-refractivity contribution in [1.82, 2.24) is 0 Å². The summed E-state index contributed by atoms with van der Waals surface area (Å²) in [4.78, 5) is 38.0. The van der Waals surface area contributed by atoms with E-state index in [1.165, 1.54) is 167 Å². The van der Waals surface area contributed by atoms with Gasteiger partial charge in [-0.1, -0.05) is 247 Å². The number of esters is 3. The molecule has 350 valence electrons. The van der Waals surface area contributed by atoms with E-state index in [2.05, 4.69) is 41.5 Å². The number of unbranched alkanes of at least 4 members (excludes halogenated alkanes) is 28. The Morgan fingerprint density at radius 3 is 0.881 bits per heavy atom. The van der Waals surface area contributed by atoms with E-state index in [4.69, 9.17) is 14.2 Å². The lowest BCUT2D eigenvalue weighted by Gasteiger charge is -2.18. The van der Waals surface area contributed by atoms with Gasteiger partial charge in [0.25, 0.3) is 0 Å². The van der Waals surface area contributed by atoms with Crippen LogP contribution < -0.4 is 0 Å². The van der Waals surface area contributed by atoms with E-state index in [-0.39, 0.29) is 31.1 Å². The van der Waals surface area contributed by atoms with Gasteiger partial charge < -0.3 is 14.2 Å². The quantitative estimate of drug-likeness (QED) is 0.0345. The maximum Gasteiger partial charge on any atom is 0.306 e. The van der Waals surface area contributed by atoms with E-state index >= 15 is 0 Å². The Hall–Kier alpha value is -1.59. The molecule has 0 aromatic heterocycles. The molecular formula is C53H102O6. The van der Waals surface area contributed by atoms with Crippen LogP contribution in [-0.4, -0.2) is 37.2 Å². The van der Waals surface area contributed by atoms with Crippen molar-refractivity contribution < 1.29 is 28.6 Å². The standard InChI is InChI=1S/C53H102O6/c1-7-49(6)41-35-29-23-19-20-26-32-38-44-53(56)59-50(46-58-52(55)43-37-31-25-18-14-10-12-16-22-28-34-40-48(4)5)45-57-51(54)42-36-30-24-17-13-9-8-11-15-21-27-33-39-47(2)3/h47-50H,7-46H2,1-6H3/t49?,50-/m1/s1. The van der Waals surface area contributed by atoms with E-state index in [1.54, 1.807) is 0 Å². The molecule has 6 nitrogen and oxygen atoms in total. The molecule has 0 aliphatic rings. The van der Waals surface area contributed by atoms with Gasteiger partial charge in [-0.15, -0.1) is 0 Å². The highest BCUT2D eigenvalue weighted by Crippen LogP contribution is 2.18. The number of carbonyl (C=O) groups is 3. The minimum Gasteiger partial charge on any atom is -0.462 e. The van der Waals surface area contributed by atoms with E-state index < -0.39 is 6.10 Å². The third kappa shape index (κ3) is 45.8. The highest BCUT2D eigenvalue weighted by atomic mass is 16.6. The number of rotatable bonds is 46. The van der Waals surface area contributed by atoms with Gasteiger partial charge in [-0.2, -0.15) is 0 Å². The Balaban J connectivity index is 4.32. The predicted molar refractivity (Wildman–Crippen MR) is 252 cm³/mol. The zero-order valence-electron chi connectivity index (χ0n) is 40.5. The molecule has 0 saturated heterocycles. The molecule has 2 atom stereocenters. The SMILES string of the molecule is CCC(C)CCCCCCCCCCC(=O)O[C@H](COC(=O)CCCCCCCCCCCCCCC(C)C)COC(=O)CCCCCCCCCCCCCC(C)C. The smallest absolute Gasteiger partial charge is 0.306 e. The van der Waals surface area contributed by atoms with Crippen molar-refractivity contribution in [3.8, 4) is 0 Å². The second-order valence-corrected chi connectivity index (χ2v) is 19.4. The molecule has 59 heavy (non-hydrogen) atoms. The Morgan fingerprint density at radius 2 is 0.593 bits per heavy atom. The second-order valence-electron chi connectivity index (χ2n) is 19.4. The summed E-state index contributed by atoms with van der Waals surface area (Å²) in [5, 5.41) is 0. The van der Waals surface area contributed by atoms with Gasteiger partial charge in [0.2, 0.25) is 0 Å². The zero-order chi connectivity index (χ0) is 43.4. The van der Waals surface area contributed by atoms with Crippen molar-refractivity contribution in [3.05, 3.63) is 0 Å². The third-order valence-electron chi connectivity index (χ3n) is 12.3. The first kappa shape index (κ1) is 57.4. The average molecular weight is 835 g/mol.